The highest BCUT2D eigenvalue weighted by Gasteiger charge is 2.49. The third-order valence-corrected chi connectivity index (χ3v) is 4.91. The van der Waals surface area contributed by atoms with E-state index in [1.807, 2.05) is 6.92 Å². The monoisotopic (exact) mass is 219 g/mol. The number of hydrogen-bond acceptors (Lipinski definition) is 2. The van der Waals surface area contributed by atoms with Crippen molar-refractivity contribution in [3.8, 4) is 6.07 Å². The molecule has 88 valence electrons. The Balaban J connectivity index is 1.66. The molecule has 0 saturated heterocycles. The first-order chi connectivity index (χ1) is 7.76. The summed E-state index contributed by atoms with van der Waals surface area (Å²) in [6.07, 6.45) is 8.25. The lowest BCUT2D eigenvalue weighted by molar-refractivity contribution is -0.145. The van der Waals surface area contributed by atoms with E-state index in [1.54, 1.807) is 0 Å². The van der Waals surface area contributed by atoms with Crippen LogP contribution in [0.25, 0.3) is 0 Å². The van der Waals surface area contributed by atoms with Crippen molar-refractivity contribution in [1.29, 1.82) is 5.26 Å². The summed E-state index contributed by atoms with van der Waals surface area (Å²) in [5.41, 5.74) is 0. The molecule has 0 aromatic heterocycles. The fourth-order valence-corrected chi connectivity index (χ4v) is 4.54. The first kappa shape index (κ1) is 10.6. The summed E-state index contributed by atoms with van der Waals surface area (Å²) < 4.78 is 6.15. The van der Waals surface area contributed by atoms with Crippen LogP contribution in [0.15, 0.2) is 0 Å². The lowest BCUT2D eigenvalue weighted by Gasteiger charge is -2.54. The molecule has 0 radical (unpaired) electrons. The minimum atomic E-state index is 0.132. The van der Waals surface area contributed by atoms with Gasteiger partial charge in [-0.2, -0.15) is 5.26 Å². The fourth-order valence-electron chi connectivity index (χ4n) is 4.54. The molecule has 4 fully saturated rings. The third kappa shape index (κ3) is 1.76. The molecule has 0 aliphatic heterocycles. The van der Waals surface area contributed by atoms with Crippen molar-refractivity contribution in [3.05, 3.63) is 0 Å². The standard InChI is InChI=1S/C14H21NO/c1-9(2-3-15)16-14-12-5-10-4-11(7-12)8-13(14)6-10/h9-14H,2,4-8H2,1H3. The predicted molar refractivity (Wildman–Crippen MR) is 61.6 cm³/mol. The summed E-state index contributed by atoms with van der Waals surface area (Å²) in [5.74, 6) is 3.65. The van der Waals surface area contributed by atoms with Crippen molar-refractivity contribution in [2.24, 2.45) is 23.7 Å². The molecule has 0 spiro atoms. The Morgan fingerprint density at radius 1 is 1.12 bits per heavy atom. The van der Waals surface area contributed by atoms with Gasteiger partial charge in [-0.15, -0.1) is 0 Å². The molecular formula is C14H21NO. The molecule has 16 heavy (non-hydrogen) atoms. The van der Waals surface area contributed by atoms with E-state index in [0.717, 1.165) is 23.7 Å². The summed E-state index contributed by atoms with van der Waals surface area (Å²) in [7, 11) is 0. The van der Waals surface area contributed by atoms with Gasteiger partial charge in [0.05, 0.1) is 24.7 Å². The summed E-state index contributed by atoms with van der Waals surface area (Å²) in [6.45, 7) is 2.05. The average molecular weight is 219 g/mol. The van der Waals surface area contributed by atoms with Crippen molar-refractivity contribution in [3.63, 3.8) is 0 Å². The number of rotatable bonds is 3. The molecule has 4 aliphatic carbocycles. The van der Waals surface area contributed by atoms with E-state index < -0.39 is 0 Å². The van der Waals surface area contributed by atoms with E-state index in [-0.39, 0.29) is 6.10 Å². The Hall–Kier alpha value is -0.550. The third-order valence-electron chi connectivity index (χ3n) is 4.91. The molecule has 4 rings (SSSR count). The normalized spacial score (nSPS) is 46.6. The predicted octanol–water partition coefficient (Wildman–Crippen LogP) is 3.13. The Morgan fingerprint density at radius 2 is 1.69 bits per heavy atom. The van der Waals surface area contributed by atoms with E-state index in [4.69, 9.17) is 10.00 Å². The quantitative estimate of drug-likeness (QED) is 0.730. The van der Waals surface area contributed by atoms with Crippen molar-refractivity contribution in [2.75, 3.05) is 0 Å². The van der Waals surface area contributed by atoms with Gasteiger partial charge in [-0.05, 0) is 62.7 Å². The molecule has 0 heterocycles. The van der Waals surface area contributed by atoms with Crippen molar-refractivity contribution in [2.45, 2.75) is 57.7 Å². The molecule has 4 aliphatic rings. The first-order valence-corrected chi connectivity index (χ1v) is 6.78. The summed E-state index contributed by atoms with van der Waals surface area (Å²) in [4.78, 5) is 0. The zero-order valence-corrected chi connectivity index (χ0v) is 10.1. The second kappa shape index (κ2) is 4.04. The highest BCUT2D eigenvalue weighted by molar-refractivity contribution is 4.99. The number of nitrogens with zero attached hydrogens (tertiary/aromatic N) is 1. The average Bonchev–Trinajstić information content (AvgIpc) is 2.23. The molecule has 4 bridgehead atoms. The van der Waals surface area contributed by atoms with Gasteiger partial charge in [-0.3, -0.25) is 0 Å². The molecule has 0 N–H and O–H groups in total. The van der Waals surface area contributed by atoms with Crippen molar-refractivity contribution >= 4 is 0 Å². The summed E-state index contributed by atoms with van der Waals surface area (Å²) in [6, 6.07) is 2.22. The highest BCUT2D eigenvalue weighted by atomic mass is 16.5. The zero-order valence-electron chi connectivity index (χ0n) is 10.1. The maximum Gasteiger partial charge on any atom is 0.0680 e. The maximum atomic E-state index is 8.69. The van der Waals surface area contributed by atoms with E-state index in [0.29, 0.717) is 12.5 Å². The van der Waals surface area contributed by atoms with Gasteiger partial charge in [-0.25, -0.2) is 0 Å². The van der Waals surface area contributed by atoms with E-state index >= 15 is 0 Å². The van der Waals surface area contributed by atoms with E-state index in [1.165, 1.54) is 32.1 Å². The SMILES string of the molecule is CC(CC#N)OC1C2CC3CC(C2)CC1C3. The molecule has 0 aromatic carbocycles. The topological polar surface area (TPSA) is 33.0 Å². The Labute approximate surface area is 98.0 Å². The van der Waals surface area contributed by atoms with Crippen LogP contribution in [0.1, 0.15) is 45.4 Å². The molecule has 0 amide bonds. The number of nitriles is 1. The molecular weight excluding hydrogens is 198 g/mol. The van der Waals surface area contributed by atoms with Gasteiger partial charge in [0, 0.05) is 0 Å². The van der Waals surface area contributed by atoms with Crippen molar-refractivity contribution < 1.29 is 4.74 Å². The lowest BCUT2D eigenvalue weighted by Crippen LogP contribution is -2.50. The Bertz CT molecular complexity index is 278. The molecule has 4 saturated carbocycles. The van der Waals surface area contributed by atoms with Gasteiger partial charge in [0.1, 0.15) is 0 Å². The minimum absolute atomic E-state index is 0.132. The molecule has 1 atom stereocenters. The summed E-state index contributed by atoms with van der Waals surface area (Å²) >= 11 is 0. The summed E-state index contributed by atoms with van der Waals surface area (Å²) in [5, 5.41) is 8.69. The van der Waals surface area contributed by atoms with Gasteiger partial charge in [-0.1, -0.05) is 0 Å². The van der Waals surface area contributed by atoms with Crippen LogP contribution < -0.4 is 0 Å². The van der Waals surface area contributed by atoms with Gasteiger partial charge in [0.2, 0.25) is 0 Å². The molecule has 0 aromatic rings. The van der Waals surface area contributed by atoms with Gasteiger partial charge in [0.25, 0.3) is 0 Å². The molecule has 2 nitrogen and oxygen atoms in total. The van der Waals surface area contributed by atoms with Gasteiger partial charge >= 0.3 is 0 Å². The fraction of sp³-hybridized carbons (Fsp3) is 0.929. The number of ether oxygens (including phenoxy) is 1. The van der Waals surface area contributed by atoms with Crippen LogP contribution in [-0.4, -0.2) is 12.2 Å². The van der Waals surface area contributed by atoms with E-state index in [9.17, 15) is 0 Å². The van der Waals surface area contributed by atoms with Crippen LogP contribution in [-0.2, 0) is 4.74 Å². The Kier molecular flexibility index (Phi) is 2.67. The second-order valence-electron chi connectivity index (χ2n) is 6.20. The van der Waals surface area contributed by atoms with Crippen LogP contribution in [0.3, 0.4) is 0 Å². The maximum absolute atomic E-state index is 8.69. The van der Waals surface area contributed by atoms with Crippen LogP contribution in [0.4, 0.5) is 0 Å². The minimum Gasteiger partial charge on any atom is -0.374 e. The number of hydrogen-bond donors (Lipinski definition) is 0. The zero-order chi connectivity index (χ0) is 11.1. The lowest BCUT2D eigenvalue weighted by atomic mass is 9.55. The van der Waals surface area contributed by atoms with E-state index in [2.05, 4.69) is 6.07 Å². The second-order valence-corrected chi connectivity index (χ2v) is 6.20. The van der Waals surface area contributed by atoms with Crippen LogP contribution in [0.5, 0.6) is 0 Å². The highest BCUT2D eigenvalue weighted by Crippen LogP contribution is 2.54. The smallest absolute Gasteiger partial charge is 0.0680 e. The largest absolute Gasteiger partial charge is 0.374 e. The Morgan fingerprint density at radius 3 is 2.19 bits per heavy atom. The van der Waals surface area contributed by atoms with Crippen LogP contribution >= 0.6 is 0 Å². The van der Waals surface area contributed by atoms with Crippen LogP contribution in [0.2, 0.25) is 0 Å². The van der Waals surface area contributed by atoms with Gasteiger partial charge < -0.3 is 4.74 Å². The molecule has 1 unspecified atom stereocenters. The van der Waals surface area contributed by atoms with Crippen molar-refractivity contribution in [1.82, 2.24) is 0 Å². The van der Waals surface area contributed by atoms with Crippen LogP contribution in [0, 0.1) is 35.0 Å². The molecule has 2 heteroatoms. The van der Waals surface area contributed by atoms with Gasteiger partial charge in [0.15, 0.2) is 0 Å². The first-order valence-electron chi connectivity index (χ1n) is 6.78.